The summed E-state index contributed by atoms with van der Waals surface area (Å²) in [6.45, 7) is 0. The first-order chi connectivity index (χ1) is 10.8. The lowest BCUT2D eigenvalue weighted by Gasteiger charge is -2.05. The van der Waals surface area contributed by atoms with E-state index in [1.165, 1.54) is 6.08 Å². The van der Waals surface area contributed by atoms with E-state index in [9.17, 15) is 4.79 Å². The highest BCUT2D eigenvalue weighted by Crippen LogP contribution is 2.27. The van der Waals surface area contributed by atoms with E-state index in [2.05, 4.69) is 20.7 Å². The summed E-state index contributed by atoms with van der Waals surface area (Å²) in [4.78, 5) is 12.0. The van der Waals surface area contributed by atoms with Crippen molar-refractivity contribution < 1.29 is 9.53 Å². The summed E-state index contributed by atoms with van der Waals surface area (Å²) in [6.07, 6.45) is 3.23. The Morgan fingerprint density at radius 1 is 1.14 bits per heavy atom. The second-order valence-electron chi connectivity index (χ2n) is 4.57. The summed E-state index contributed by atoms with van der Waals surface area (Å²) in [5.41, 5.74) is 2.67. The van der Waals surface area contributed by atoms with E-state index in [4.69, 9.17) is 4.74 Å². The zero-order valence-electron chi connectivity index (χ0n) is 11.9. The predicted octanol–water partition coefficient (Wildman–Crippen LogP) is 2.62. The number of anilines is 1. The summed E-state index contributed by atoms with van der Waals surface area (Å²) in [5, 5.41) is 13.4. The lowest BCUT2D eigenvalue weighted by Crippen LogP contribution is -2.08. The number of fused-ring (bicyclic) bond motifs is 1. The molecule has 22 heavy (non-hydrogen) atoms. The van der Waals surface area contributed by atoms with Crippen LogP contribution < -0.4 is 10.1 Å². The zero-order chi connectivity index (χ0) is 15.4. The minimum atomic E-state index is -0.238. The van der Waals surface area contributed by atoms with Crippen molar-refractivity contribution in [2.45, 2.75) is 0 Å². The van der Waals surface area contributed by atoms with Crippen LogP contribution in [0.1, 0.15) is 5.56 Å². The minimum absolute atomic E-state index is 0.238. The fourth-order valence-electron chi connectivity index (χ4n) is 2.08. The van der Waals surface area contributed by atoms with Crippen LogP contribution in [0.5, 0.6) is 5.75 Å². The normalized spacial score (nSPS) is 11.0. The van der Waals surface area contributed by atoms with Crippen LogP contribution in [0, 0.1) is 0 Å². The van der Waals surface area contributed by atoms with Gasteiger partial charge in [-0.3, -0.25) is 4.79 Å². The molecule has 0 atom stereocenters. The number of carbonyl (C=O) groups is 1. The zero-order valence-corrected chi connectivity index (χ0v) is 11.9. The summed E-state index contributed by atoms with van der Waals surface area (Å²) in [7, 11) is 1.56. The smallest absolute Gasteiger partial charge is 0.248 e. The quantitative estimate of drug-likeness (QED) is 0.725. The van der Waals surface area contributed by atoms with Crippen LogP contribution in [-0.4, -0.2) is 28.4 Å². The van der Waals surface area contributed by atoms with Gasteiger partial charge in [0.25, 0.3) is 0 Å². The molecule has 1 aromatic heterocycles. The number of nitrogens with zero attached hydrogens (tertiary/aromatic N) is 2. The Labute approximate surface area is 126 Å². The van der Waals surface area contributed by atoms with Crippen molar-refractivity contribution in [3.63, 3.8) is 0 Å². The van der Waals surface area contributed by atoms with Gasteiger partial charge in [-0.25, -0.2) is 0 Å². The standard InChI is InChI=1S/C16H14N4O2/c1-22-13-9-8-12(15-16(13)19-20-18-15)17-14(21)10-7-11-5-3-2-4-6-11/h2-10H,1H3,(H,17,21)(H,18,19,20). The Kier molecular flexibility index (Phi) is 3.82. The number of benzene rings is 2. The Morgan fingerprint density at radius 2 is 1.91 bits per heavy atom. The molecule has 0 radical (unpaired) electrons. The van der Waals surface area contributed by atoms with E-state index in [1.54, 1.807) is 25.3 Å². The number of rotatable bonds is 4. The predicted molar refractivity (Wildman–Crippen MR) is 84.5 cm³/mol. The molecule has 6 nitrogen and oxygen atoms in total. The fraction of sp³-hybridized carbons (Fsp3) is 0.0625. The highest BCUT2D eigenvalue weighted by Gasteiger charge is 2.11. The molecule has 0 saturated carbocycles. The Balaban J connectivity index is 1.80. The van der Waals surface area contributed by atoms with Crippen molar-refractivity contribution >= 4 is 28.7 Å². The maximum Gasteiger partial charge on any atom is 0.248 e. The molecule has 110 valence electrons. The van der Waals surface area contributed by atoms with E-state index in [0.717, 1.165) is 5.56 Å². The van der Waals surface area contributed by atoms with Gasteiger partial charge in [0.05, 0.1) is 12.8 Å². The van der Waals surface area contributed by atoms with Gasteiger partial charge in [-0.2, -0.15) is 15.4 Å². The second kappa shape index (κ2) is 6.09. The van der Waals surface area contributed by atoms with Crippen molar-refractivity contribution in [3.8, 4) is 5.75 Å². The van der Waals surface area contributed by atoms with Gasteiger partial charge in [0, 0.05) is 6.08 Å². The number of hydrogen-bond donors (Lipinski definition) is 2. The van der Waals surface area contributed by atoms with E-state index in [-0.39, 0.29) is 5.91 Å². The molecule has 2 aromatic carbocycles. The Morgan fingerprint density at radius 3 is 2.68 bits per heavy atom. The highest BCUT2D eigenvalue weighted by molar-refractivity contribution is 6.06. The van der Waals surface area contributed by atoms with Crippen molar-refractivity contribution in [1.82, 2.24) is 15.4 Å². The third kappa shape index (κ3) is 2.80. The minimum Gasteiger partial charge on any atom is -0.494 e. The third-order valence-electron chi connectivity index (χ3n) is 3.14. The topological polar surface area (TPSA) is 79.9 Å². The molecule has 0 aliphatic heterocycles. The molecule has 3 aromatic rings. The molecule has 0 bridgehead atoms. The van der Waals surface area contributed by atoms with Gasteiger partial charge in [0.1, 0.15) is 11.3 Å². The molecule has 0 saturated heterocycles. The van der Waals surface area contributed by atoms with Crippen LogP contribution in [0.4, 0.5) is 5.69 Å². The molecular formula is C16H14N4O2. The van der Waals surface area contributed by atoms with Gasteiger partial charge in [-0.1, -0.05) is 30.3 Å². The molecule has 0 aliphatic rings. The molecule has 0 unspecified atom stereocenters. The van der Waals surface area contributed by atoms with Gasteiger partial charge >= 0.3 is 0 Å². The highest BCUT2D eigenvalue weighted by atomic mass is 16.5. The molecule has 2 N–H and O–H groups in total. The average Bonchev–Trinajstić information content (AvgIpc) is 3.04. The van der Waals surface area contributed by atoms with E-state index in [1.807, 2.05) is 30.3 Å². The third-order valence-corrected chi connectivity index (χ3v) is 3.14. The van der Waals surface area contributed by atoms with Gasteiger partial charge in [-0.15, -0.1) is 0 Å². The number of aromatic amines is 1. The van der Waals surface area contributed by atoms with Crippen LogP contribution in [0.3, 0.4) is 0 Å². The summed E-state index contributed by atoms with van der Waals surface area (Å²) in [6, 6.07) is 13.1. The van der Waals surface area contributed by atoms with Gasteiger partial charge in [0.15, 0.2) is 5.52 Å². The van der Waals surface area contributed by atoms with Gasteiger partial charge < -0.3 is 10.1 Å². The SMILES string of the molecule is COc1ccc(NC(=O)C=Cc2ccccc2)c2n[nH]nc12. The first-order valence-corrected chi connectivity index (χ1v) is 6.69. The lowest BCUT2D eigenvalue weighted by molar-refractivity contribution is -0.111. The van der Waals surface area contributed by atoms with E-state index < -0.39 is 0 Å². The van der Waals surface area contributed by atoms with Gasteiger partial charge in [-0.05, 0) is 23.8 Å². The van der Waals surface area contributed by atoms with Crippen LogP contribution in [0.25, 0.3) is 17.1 Å². The fourth-order valence-corrected chi connectivity index (χ4v) is 2.08. The largest absolute Gasteiger partial charge is 0.494 e. The average molecular weight is 294 g/mol. The molecule has 0 fully saturated rings. The Bertz CT molecular complexity index is 825. The summed E-state index contributed by atoms with van der Waals surface area (Å²) in [5.74, 6) is 0.361. The van der Waals surface area contributed by atoms with Crippen molar-refractivity contribution in [1.29, 1.82) is 0 Å². The van der Waals surface area contributed by atoms with Crippen LogP contribution in [-0.2, 0) is 4.79 Å². The summed E-state index contributed by atoms with van der Waals surface area (Å²) < 4.78 is 5.20. The number of H-pyrrole nitrogens is 1. The number of ether oxygens (including phenoxy) is 1. The number of carbonyl (C=O) groups excluding carboxylic acids is 1. The number of aromatic nitrogens is 3. The maximum atomic E-state index is 12.0. The van der Waals surface area contributed by atoms with Crippen molar-refractivity contribution in [3.05, 3.63) is 54.1 Å². The first kappa shape index (κ1) is 13.8. The van der Waals surface area contributed by atoms with Crippen LogP contribution in [0.2, 0.25) is 0 Å². The molecule has 0 spiro atoms. The summed E-state index contributed by atoms with van der Waals surface area (Å²) >= 11 is 0. The molecule has 1 heterocycles. The van der Waals surface area contributed by atoms with E-state index >= 15 is 0 Å². The van der Waals surface area contributed by atoms with Crippen molar-refractivity contribution in [2.24, 2.45) is 0 Å². The number of amides is 1. The molecular weight excluding hydrogens is 280 g/mol. The molecule has 6 heteroatoms. The number of hydrogen-bond acceptors (Lipinski definition) is 4. The molecule has 3 rings (SSSR count). The van der Waals surface area contributed by atoms with Crippen LogP contribution >= 0.6 is 0 Å². The first-order valence-electron chi connectivity index (χ1n) is 6.69. The van der Waals surface area contributed by atoms with E-state index in [0.29, 0.717) is 22.5 Å². The lowest BCUT2D eigenvalue weighted by atomic mass is 10.2. The number of methoxy groups -OCH3 is 1. The monoisotopic (exact) mass is 294 g/mol. The maximum absolute atomic E-state index is 12.0. The van der Waals surface area contributed by atoms with Crippen LogP contribution in [0.15, 0.2) is 48.5 Å². The van der Waals surface area contributed by atoms with Gasteiger partial charge in [0.2, 0.25) is 5.91 Å². The Hall–Kier alpha value is -3.15. The van der Waals surface area contributed by atoms with Crippen molar-refractivity contribution in [2.75, 3.05) is 12.4 Å². The molecule has 1 amide bonds. The number of nitrogens with one attached hydrogen (secondary N) is 2. The second-order valence-corrected chi connectivity index (χ2v) is 4.57. The molecule has 0 aliphatic carbocycles.